The maximum Gasteiger partial charge on any atom is 0.326 e. The number of pyridine rings is 1. The van der Waals surface area contributed by atoms with Gasteiger partial charge in [-0.25, -0.2) is 9.59 Å². The van der Waals surface area contributed by atoms with Crippen molar-refractivity contribution in [1.82, 2.24) is 15.6 Å². The fourth-order valence-electron chi connectivity index (χ4n) is 1.56. The van der Waals surface area contributed by atoms with Crippen LogP contribution in [0.2, 0.25) is 0 Å². The Morgan fingerprint density at radius 2 is 2.11 bits per heavy atom. The summed E-state index contributed by atoms with van der Waals surface area (Å²) in [4.78, 5) is 26.6. The van der Waals surface area contributed by atoms with Gasteiger partial charge < -0.3 is 15.7 Å². The Kier molecular flexibility index (Phi) is 5.29. The summed E-state index contributed by atoms with van der Waals surface area (Å²) in [5.41, 5.74) is 1.92. The van der Waals surface area contributed by atoms with Crippen LogP contribution in [-0.4, -0.2) is 28.1 Å². The zero-order valence-electron chi connectivity index (χ0n) is 11.3. The van der Waals surface area contributed by atoms with Crippen LogP contribution in [0.3, 0.4) is 0 Å². The lowest BCUT2D eigenvalue weighted by Gasteiger charge is -2.18. The molecule has 3 N–H and O–H groups in total. The second kappa shape index (κ2) is 6.72. The van der Waals surface area contributed by atoms with Crippen molar-refractivity contribution < 1.29 is 14.7 Å². The van der Waals surface area contributed by atoms with Crippen molar-refractivity contribution in [3.05, 3.63) is 29.6 Å². The molecule has 1 heterocycles. The van der Waals surface area contributed by atoms with Crippen LogP contribution in [-0.2, 0) is 11.3 Å². The molecule has 1 aromatic rings. The zero-order chi connectivity index (χ0) is 14.4. The van der Waals surface area contributed by atoms with E-state index >= 15 is 0 Å². The summed E-state index contributed by atoms with van der Waals surface area (Å²) in [5.74, 6) is -1.22. The molecule has 6 nitrogen and oxygen atoms in total. The molecule has 2 amide bonds. The molecule has 0 aromatic carbocycles. The molecule has 0 saturated carbocycles. The molecule has 0 aliphatic rings. The molecule has 0 aliphatic carbocycles. The number of hydrogen-bond acceptors (Lipinski definition) is 3. The number of hydrogen-bond donors (Lipinski definition) is 3. The van der Waals surface area contributed by atoms with Crippen molar-refractivity contribution in [2.75, 3.05) is 0 Å². The molecule has 0 radical (unpaired) electrons. The van der Waals surface area contributed by atoms with E-state index in [1.165, 1.54) is 0 Å². The van der Waals surface area contributed by atoms with E-state index < -0.39 is 18.0 Å². The molecule has 0 bridgehead atoms. The van der Waals surface area contributed by atoms with Crippen LogP contribution in [0, 0.1) is 12.8 Å². The Morgan fingerprint density at radius 1 is 1.42 bits per heavy atom. The van der Waals surface area contributed by atoms with E-state index in [2.05, 4.69) is 15.6 Å². The molecule has 0 spiro atoms. The minimum atomic E-state index is -1.04. The van der Waals surface area contributed by atoms with Crippen LogP contribution in [0.25, 0.3) is 0 Å². The highest BCUT2D eigenvalue weighted by atomic mass is 16.4. The molecule has 0 aliphatic heterocycles. The highest BCUT2D eigenvalue weighted by Gasteiger charge is 2.23. The Balaban J connectivity index is 2.52. The summed E-state index contributed by atoms with van der Waals surface area (Å²) >= 11 is 0. The van der Waals surface area contributed by atoms with Crippen molar-refractivity contribution in [2.24, 2.45) is 5.92 Å². The maximum absolute atomic E-state index is 11.6. The third-order valence-corrected chi connectivity index (χ3v) is 2.81. The van der Waals surface area contributed by atoms with Gasteiger partial charge in [-0.1, -0.05) is 13.8 Å². The van der Waals surface area contributed by atoms with Gasteiger partial charge in [0.15, 0.2) is 0 Å². The fraction of sp³-hybridized carbons (Fsp3) is 0.462. The number of nitrogens with zero attached hydrogens (tertiary/aromatic N) is 1. The molecular formula is C13H19N3O3. The average molecular weight is 265 g/mol. The van der Waals surface area contributed by atoms with Crippen LogP contribution in [0.4, 0.5) is 4.79 Å². The monoisotopic (exact) mass is 265 g/mol. The van der Waals surface area contributed by atoms with Gasteiger partial charge in [0.05, 0.1) is 0 Å². The molecule has 0 saturated heterocycles. The lowest BCUT2D eigenvalue weighted by atomic mass is 10.1. The third-order valence-electron chi connectivity index (χ3n) is 2.81. The Hall–Kier alpha value is -2.11. The van der Waals surface area contributed by atoms with Gasteiger partial charge >= 0.3 is 12.0 Å². The van der Waals surface area contributed by atoms with E-state index in [1.54, 1.807) is 26.2 Å². The summed E-state index contributed by atoms with van der Waals surface area (Å²) in [7, 11) is 0. The van der Waals surface area contributed by atoms with Crippen LogP contribution >= 0.6 is 0 Å². The number of carboxylic acids is 1. The Bertz CT molecular complexity index is 460. The van der Waals surface area contributed by atoms with Crippen molar-refractivity contribution in [2.45, 2.75) is 33.4 Å². The van der Waals surface area contributed by atoms with E-state index in [9.17, 15) is 9.59 Å². The van der Waals surface area contributed by atoms with Crippen molar-refractivity contribution >= 4 is 12.0 Å². The second-order valence-electron chi connectivity index (χ2n) is 4.69. The molecule has 0 unspecified atom stereocenters. The SMILES string of the molecule is Cc1ccncc1CNC(=O)N[C@@H](C(=O)O)C(C)C. The van der Waals surface area contributed by atoms with E-state index in [1.807, 2.05) is 13.0 Å². The largest absolute Gasteiger partial charge is 0.480 e. The molecule has 1 rings (SSSR count). The van der Waals surface area contributed by atoms with Gasteiger partial charge in [-0.3, -0.25) is 4.98 Å². The highest BCUT2D eigenvalue weighted by Crippen LogP contribution is 2.04. The van der Waals surface area contributed by atoms with Crippen LogP contribution in [0.15, 0.2) is 18.5 Å². The van der Waals surface area contributed by atoms with Crippen molar-refractivity contribution in [3.63, 3.8) is 0 Å². The minimum Gasteiger partial charge on any atom is -0.480 e. The number of aliphatic carboxylic acids is 1. The quantitative estimate of drug-likeness (QED) is 0.748. The summed E-state index contributed by atoms with van der Waals surface area (Å²) in [6.45, 7) is 5.72. The zero-order valence-corrected chi connectivity index (χ0v) is 11.3. The van der Waals surface area contributed by atoms with Gasteiger partial charge in [0, 0.05) is 18.9 Å². The van der Waals surface area contributed by atoms with Gasteiger partial charge in [-0.15, -0.1) is 0 Å². The first-order chi connectivity index (χ1) is 8.91. The number of aromatic nitrogens is 1. The van der Waals surface area contributed by atoms with E-state index in [0.717, 1.165) is 11.1 Å². The second-order valence-corrected chi connectivity index (χ2v) is 4.69. The van der Waals surface area contributed by atoms with Crippen molar-refractivity contribution in [1.29, 1.82) is 0 Å². The van der Waals surface area contributed by atoms with Gasteiger partial charge in [0.25, 0.3) is 0 Å². The topological polar surface area (TPSA) is 91.3 Å². The molecule has 1 aromatic heterocycles. The number of aryl methyl sites for hydroxylation is 1. The average Bonchev–Trinajstić information content (AvgIpc) is 2.34. The smallest absolute Gasteiger partial charge is 0.326 e. The standard InChI is InChI=1S/C13H19N3O3/c1-8(2)11(12(17)18)16-13(19)15-7-10-6-14-5-4-9(10)3/h4-6,8,11H,7H2,1-3H3,(H,17,18)(H2,15,16,19)/t11-/m1/s1. The fourth-order valence-corrected chi connectivity index (χ4v) is 1.56. The Morgan fingerprint density at radius 3 is 2.63 bits per heavy atom. The molecule has 0 fully saturated rings. The number of carbonyl (C=O) groups is 2. The summed E-state index contributed by atoms with van der Waals surface area (Å²) in [6, 6.07) is 0.461. The number of amides is 2. The van der Waals surface area contributed by atoms with Crippen LogP contribution in [0.5, 0.6) is 0 Å². The maximum atomic E-state index is 11.6. The predicted octanol–water partition coefficient (Wildman–Crippen LogP) is 1.30. The molecule has 104 valence electrons. The summed E-state index contributed by atoms with van der Waals surface area (Å²) in [5, 5.41) is 14.0. The van der Waals surface area contributed by atoms with Crippen molar-refractivity contribution in [3.8, 4) is 0 Å². The van der Waals surface area contributed by atoms with E-state index in [0.29, 0.717) is 6.54 Å². The predicted molar refractivity (Wildman–Crippen MR) is 70.6 cm³/mol. The first kappa shape index (κ1) is 14.9. The van der Waals surface area contributed by atoms with E-state index in [-0.39, 0.29) is 5.92 Å². The highest BCUT2D eigenvalue weighted by molar-refractivity contribution is 5.82. The number of carboxylic acid groups (broad SMARTS) is 1. The Labute approximate surface area is 112 Å². The van der Waals surface area contributed by atoms with Gasteiger partial charge in [-0.2, -0.15) is 0 Å². The van der Waals surface area contributed by atoms with E-state index in [4.69, 9.17) is 5.11 Å². The normalized spacial score (nSPS) is 12.0. The van der Waals surface area contributed by atoms with Gasteiger partial charge in [0.2, 0.25) is 0 Å². The number of carbonyl (C=O) groups excluding carboxylic acids is 1. The minimum absolute atomic E-state index is 0.177. The molecule has 6 heteroatoms. The summed E-state index contributed by atoms with van der Waals surface area (Å²) in [6.07, 6.45) is 3.35. The van der Waals surface area contributed by atoms with Gasteiger partial charge in [-0.05, 0) is 30.0 Å². The lowest BCUT2D eigenvalue weighted by Crippen LogP contribution is -2.48. The number of nitrogens with one attached hydrogen (secondary N) is 2. The number of rotatable bonds is 5. The van der Waals surface area contributed by atoms with Crippen LogP contribution in [0.1, 0.15) is 25.0 Å². The van der Waals surface area contributed by atoms with Crippen LogP contribution < -0.4 is 10.6 Å². The summed E-state index contributed by atoms with van der Waals surface area (Å²) < 4.78 is 0. The molecular weight excluding hydrogens is 246 g/mol. The molecule has 19 heavy (non-hydrogen) atoms. The first-order valence-electron chi connectivity index (χ1n) is 6.08. The number of urea groups is 1. The first-order valence-corrected chi connectivity index (χ1v) is 6.08. The van der Waals surface area contributed by atoms with Gasteiger partial charge in [0.1, 0.15) is 6.04 Å². The third kappa shape index (κ3) is 4.57. The molecule has 1 atom stereocenters. The lowest BCUT2D eigenvalue weighted by molar-refractivity contribution is -0.140.